The van der Waals surface area contributed by atoms with Crippen molar-refractivity contribution in [3.63, 3.8) is 0 Å². The van der Waals surface area contributed by atoms with E-state index in [1.807, 2.05) is 90.6 Å². The number of ether oxygens (including phenoxy) is 3. The molecular weight excluding hydrogens is 1240 g/mol. The van der Waals surface area contributed by atoms with E-state index < -0.39 is 48.1 Å². The number of aliphatic hydroxyl groups excluding tert-OH is 1. The quantitative estimate of drug-likeness (QED) is 0.0306. The number of unbranched alkanes of at least 4 members (excludes halogenated alkanes) is 2. The molecule has 23 heteroatoms. The standard InChI is InChI=1S/C50H81N7O10.C24H37NO5/c1-13-33(8)35(10)55(11)48(64)39(30(2)3)28-41(59)45(32(6)7)56(12)50(66)67-29-36-20-22-38(23-21-36)53-46(62)37(18-17-24-52-49(51)65)27-40(58)44(31(4)5)54-42(60)19-15-14-16-25-57-43(61)26-34(9)47(57)63;1-16(23(28)19-10-7-6-8-11-19)14-21(26)18(3)24(30-5)20-12-9-13-25(20)22(27)15-17(2)29-4/h20-23,30-35,37,39,44-45H,13-19,24-29H2,1-12H3,(H,53,62)(H,54,60)(H3,51,52,65);6-8,10-11,16-18,20,23-24,28H,9,12-15H2,1-5H3/t33-,34?,35+,37+,39-,44-,45-;16-,17-,18-,20-,23+,24+/m00/s1. The van der Waals surface area contributed by atoms with Gasteiger partial charge in [0, 0.05) is 115 Å². The smallest absolute Gasteiger partial charge is 0.410 e. The third kappa shape index (κ3) is 26.6. The largest absolute Gasteiger partial charge is 0.445 e. The predicted molar refractivity (Wildman–Crippen MR) is 373 cm³/mol. The third-order valence-electron chi connectivity index (χ3n) is 19.5. The number of Topliss-reactive ketones (excluding diaryl/α,β-unsaturated/α-hetero) is 3. The van der Waals surface area contributed by atoms with Gasteiger partial charge in [-0.25, -0.2) is 9.59 Å². The molecule has 9 amide bonds. The van der Waals surface area contributed by atoms with Crippen LogP contribution in [0.5, 0.6) is 0 Å². The fraction of sp³-hybridized carbons (Fsp3) is 0.689. The number of primary amides is 1. The fourth-order valence-corrected chi connectivity index (χ4v) is 12.8. The molecule has 2 aliphatic rings. The molecule has 0 spiro atoms. The molecule has 1 unspecified atom stereocenters. The molecule has 0 bridgehead atoms. The highest BCUT2D eigenvalue weighted by Crippen LogP contribution is 2.32. The number of aliphatic hydroxyl groups is 1. The van der Waals surface area contributed by atoms with Crippen molar-refractivity contribution in [1.82, 2.24) is 30.2 Å². The van der Waals surface area contributed by atoms with Crippen molar-refractivity contribution < 1.29 is 72.1 Å². The Morgan fingerprint density at radius 3 is 1.94 bits per heavy atom. The maximum absolute atomic E-state index is 13.8. The number of amides is 9. The Bertz CT molecular complexity index is 2870. The summed E-state index contributed by atoms with van der Waals surface area (Å²) >= 11 is 0. The average molecular weight is 1360 g/mol. The van der Waals surface area contributed by atoms with Crippen LogP contribution in [-0.2, 0) is 64.0 Å². The second-order valence-corrected chi connectivity index (χ2v) is 28.1. The van der Waals surface area contributed by atoms with Crippen molar-refractivity contribution in [3.8, 4) is 0 Å². The van der Waals surface area contributed by atoms with Gasteiger partial charge in [0.25, 0.3) is 0 Å². The highest BCUT2D eigenvalue weighted by atomic mass is 16.6. The van der Waals surface area contributed by atoms with Gasteiger partial charge in [0.15, 0.2) is 11.6 Å². The molecule has 6 N–H and O–H groups in total. The Labute approximate surface area is 577 Å². The van der Waals surface area contributed by atoms with Crippen LogP contribution in [0.25, 0.3) is 0 Å². The first-order chi connectivity index (χ1) is 45.7. The SMILES string of the molecule is CC[C@H](C)[C@@H](C)N(C)C(=O)[C@@H](CC(=O)[C@H](C(C)C)N(C)C(=O)OCc1ccc(NC(=O)[C@H](CCCNC(N)=O)CC(=O)[C@@H](NC(=O)CCCCCN2C(=O)CC(C)C2=O)C(C)C)cc1)C(C)C.CO[C@H]([C@@H](C)C(=O)C[C@H](C)[C@@H](O)c1ccccc1)[C@@H]1CCCN1C(=O)C[C@H](C)OC. The van der Waals surface area contributed by atoms with Gasteiger partial charge in [0.1, 0.15) is 12.4 Å². The van der Waals surface area contributed by atoms with E-state index in [1.165, 1.54) is 16.8 Å². The summed E-state index contributed by atoms with van der Waals surface area (Å²) in [6.07, 6.45) is 3.83. The molecule has 544 valence electrons. The summed E-state index contributed by atoms with van der Waals surface area (Å²) in [5.74, 6) is -4.16. The lowest BCUT2D eigenvalue weighted by Crippen LogP contribution is -2.48. The number of ketones is 3. The summed E-state index contributed by atoms with van der Waals surface area (Å²) in [6.45, 7) is 25.8. The van der Waals surface area contributed by atoms with Crippen molar-refractivity contribution in [2.75, 3.05) is 53.3 Å². The Balaban J connectivity index is 0.000000676. The van der Waals surface area contributed by atoms with Gasteiger partial charge in [0.05, 0.1) is 42.9 Å². The number of rotatable bonds is 40. The van der Waals surface area contributed by atoms with E-state index in [-0.39, 0.29) is 158 Å². The molecule has 2 aromatic carbocycles. The Morgan fingerprint density at radius 1 is 0.732 bits per heavy atom. The minimum Gasteiger partial charge on any atom is -0.445 e. The van der Waals surface area contributed by atoms with Gasteiger partial charge in [0.2, 0.25) is 35.4 Å². The highest BCUT2D eigenvalue weighted by Gasteiger charge is 2.42. The second-order valence-electron chi connectivity index (χ2n) is 28.1. The van der Waals surface area contributed by atoms with E-state index in [2.05, 4.69) is 29.8 Å². The lowest BCUT2D eigenvalue weighted by molar-refractivity contribution is -0.142. The molecule has 2 saturated heterocycles. The highest BCUT2D eigenvalue weighted by molar-refractivity contribution is 6.03. The molecule has 2 aromatic rings. The maximum Gasteiger partial charge on any atom is 0.410 e. The van der Waals surface area contributed by atoms with E-state index in [4.69, 9.17) is 19.9 Å². The molecule has 0 radical (unpaired) electrons. The van der Waals surface area contributed by atoms with Gasteiger partial charge in [-0.15, -0.1) is 0 Å². The zero-order chi connectivity index (χ0) is 73.0. The van der Waals surface area contributed by atoms with Crippen LogP contribution in [0, 0.1) is 53.3 Å². The summed E-state index contributed by atoms with van der Waals surface area (Å²) in [5, 5.41) is 18.8. The minimum atomic E-state index is -0.848. The summed E-state index contributed by atoms with van der Waals surface area (Å²) in [6, 6.07) is 13.6. The van der Waals surface area contributed by atoms with Crippen LogP contribution in [0.3, 0.4) is 0 Å². The molecule has 0 aromatic heterocycles. The van der Waals surface area contributed by atoms with Crippen molar-refractivity contribution in [3.05, 3.63) is 65.7 Å². The fourth-order valence-electron chi connectivity index (χ4n) is 12.8. The molecule has 97 heavy (non-hydrogen) atoms. The number of anilines is 1. The monoisotopic (exact) mass is 1360 g/mol. The van der Waals surface area contributed by atoms with Crippen LogP contribution in [0.2, 0.25) is 0 Å². The first-order valence-electron chi connectivity index (χ1n) is 35.1. The second kappa shape index (κ2) is 42.0. The average Bonchev–Trinajstić information content (AvgIpc) is 1.68. The lowest BCUT2D eigenvalue weighted by Gasteiger charge is -2.35. The number of hydrogen-bond acceptors (Lipinski definition) is 15. The van der Waals surface area contributed by atoms with E-state index in [1.54, 1.807) is 71.2 Å². The molecule has 2 aliphatic heterocycles. The Kier molecular flexibility index (Phi) is 36.4. The van der Waals surface area contributed by atoms with Crippen molar-refractivity contribution in [2.45, 2.75) is 229 Å². The van der Waals surface area contributed by atoms with Crippen molar-refractivity contribution >= 4 is 70.6 Å². The minimum absolute atomic E-state index is 0.00700. The number of hydrogen-bond donors (Lipinski definition) is 5. The number of carbonyl (C=O) groups is 11. The van der Waals surface area contributed by atoms with E-state index >= 15 is 0 Å². The predicted octanol–water partition coefficient (Wildman–Crippen LogP) is 9.85. The van der Waals surface area contributed by atoms with Gasteiger partial charge in [-0.3, -0.25) is 48.1 Å². The van der Waals surface area contributed by atoms with Gasteiger partial charge >= 0.3 is 12.1 Å². The summed E-state index contributed by atoms with van der Waals surface area (Å²) < 4.78 is 16.6. The van der Waals surface area contributed by atoms with Crippen LogP contribution < -0.4 is 21.7 Å². The number of benzene rings is 2. The van der Waals surface area contributed by atoms with E-state index in [0.29, 0.717) is 62.4 Å². The number of likely N-dealkylation sites (N-methyl/N-ethyl adjacent to an activating group) is 1. The van der Waals surface area contributed by atoms with E-state index in [0.717, 1.165) is 24.8 Å². The molecule has 4 rings (SSSR count). The van der Waals surface area contributed by atoms with Crippen LogP contribution >= 0.6 is 0 Å². The zero-order valence-corrected chi connectivity index (χ0v) is 61.2. The molecular formula is C74H118N8O15. The molecule has 2 heterocycles. The number of nitrogens with one attached hydrogen (secondary N) is 3. The number of carbonyl (C=O) groups excluding carboxylic acids is 11. The first-order valence-corrected chi connectivity index (χ1v) is 35.1. The summed E-state index contributed by atoms with van der Waals surface area (Å²) in [4.78, 5) is 149. The molecule has 13 atom stereocenters. The number of methoxy groups -OCH3 is 2. The van der Waals surface area contributed by atoms with Gasteiger partial charge in [-0.1, -0.05) is 131 Å². The van der Waals surface area contributed by atoms with Crippen LogP contribution in [0.15, 0.2) is 54.6 Å². The van der Waals surface area contributed by atoms with Crippen LogP contribution in [0.4, 0.5) is 15.3 Å². The third-order valence-corrected chi connectivity index (χ3v) is 19.5. The normalized spacial score (nSPS) is 18.1. The number of likely N-dealkylation sites (tertiary alicyclic amines) is 2. The van der Waals surface area contributed by atoms with Crippen molar-refractivity contribution in [1.29, 1.82) is 0 Å². The van der Waals surface area contributed by atoms with Crippen LogP contribution in [0.1, 0.15) is 197 Å². The lowest BCUT2D eigenvalue weighted by atomic mass is 9.84. The Hall–Kier alpha value is -7.11. The number of nitrogens with zero attached hydrogens (tertiary/aromatic N) is 4. The molecule has 0 saturated carbocycles. The zero-order valence-electron chi connectivity index (χ0n) is 61.2. The molecule has 2 fully saturated rings. The number of nitrogens with two attached hydrogens (primary N) is 1. The first kappa shape index (κ1) is 84.1. The number of urea groups is 1. The molecule has 23 nitrogen and oxygen atoms in total. The maximum atomic E-state index is 13.8. The van der Waals surface area contributed by atoms with E-state index in [9.17, 15) is 57.8 Å². The molecule has 0 aliphatic carbocycles. The van der Waals surface area contributed by atoms with Crippen LogP contribution in [-0.4, -0.2) is 174 Å². The van der Waals surface area contributed by atoms with Gasteiger partial charge in [-0.2, -0.15) is 0 Å². The summed E-state index contributed by atoms with van der Waals surface area (Å²) in [7, 11) is 6.51. The topological polar surface area (TPSA) is 311 Å². The van der Waals surface area contributed by atoms with Crippen molar-refractivity contribution in [2.24, 2.45) is 59.0 Å². The summed E-state index contributed by atoms with van der Waals surface area (Å²) in [5.41, 5.74) is 7.07. The Morgan fingerprint density at radius 2 is 1.38 bits per heavy atom. The van der Waals surface area contributed by atoms with Gasteiger partial charge in [-0.05, 0) is 105 Å². The van der Waals surface area contributed by atoms with Gasteiger partial charge < -0.3 is 55.7 Å². The number of imide groups is 1.